The van der Waals surface area contributed by atoms with Gasteiger partial charge in [-0.15, -0.1) is 0 Å². The van der Waals surface area contributed by atoms with E-state index in [-0.39, 0.29) is 29.7 Å². The van der Waals surface area contributed by atoms with Gasteiger partial charge in [0.05, 0.1) is 5.02 Å². The molecule has 0 saturated carbocycles. The third-order valence-electron chi connectivity index (χ3n) is 2.50. The van der Waals surface area contributed by atoms with Crippen molar-refractivity contribution in [2.24, 2.45) is 0 Å². The Bertz CT molecular complexity index is 630. The van der Waals surface area contributed by atoms with Crippen molar-refractivity contribution in [3.05, 3.63) is 22.7 Å². The molecule has 112 valence electrons. The van der Waals surface area contributed by atoms with Crippen molar-refractivity contribution in [3.63, 3.8) is 0 Å². The van der Waals surface area contributed by atoms with Crippen LogP contribution in [0, 0.1) is 0 Å². The molecular weight excluding hydrogens is 344 g/mol. The van der Waals surface area contributed by atoms with E-state index in [9.17, 15) is 21.6 Å². The summed E-state index contributed by atoms with van der Waals surface area (Å²) in [5.74, 6) is 0.0304. The molecule has 0 bridgehead atoms. The summed E-state index contributed by atoms with van der Waals surface area (Å²) in [5.41, 5.74) is -0.623. The lowest BCUT2D eigenvalue weighted by Gasteiger charge is -2.23. The van der Waals surface area contributed by atoms with E-state index >= 15 is 0 Å². The van der Waals surface area contributed by atoms with Gasteiger partial charge < -0.3 is 9.47 Å². The molecule has 1 aromatic rings. The van der Waals surface area contributed by atoms with Crippen LogP contribution in [0.3, 0.4) is 0 Å². The van der Waals surface area contributed by atoms with Gasteiger partial charge in [0.25, 0.3) is 0 Å². The average molecular weight is 351 g/mol. The SMILES string of the molecule is O=S(=O)(Cl)C(c1cc(Cl)c2c(c1)OCCO2)C(F)(F)F. The zero-order valence-corrected chi connectivity index (χ0v) is 11.9. The maximum Gasteiger partial charge on any atom is 0.410 e. The zero-order valence-electron chi connectivity index (χ0n) is 9.58. The molecule has 0 amide bonds. The number of hydrogen-bond donors (Lipinski definition) is 0. The average Bonchev–Trinajstić information content (AvgIpc) is 2.25. The molecule has 0 aromatic heterocycles. The maximum atomic E-state index is 12.9. The van der Waals surface area contributed by atoms with E-state index in [1.165, 1.54) is 0 Å². The number of halogens is 5. The molecule has 1 aliphatic heterocycles. The highest BCUT2D eigenvalue weighted by Gasteiger charge is 2.49. The monoisotopic (exact) mass is 350 g/mol. The third kappa shape index (κ3) is 3.07. The minimum Gasteiger partial charge on any atom is -0.486 e. The second kappa shape index (κ2) is 5.16. The molecule has 0 aliphatic carbocycles. The van der Waals surface area contributed by atoms with Gasteiger partial charge in [0.1, 0.15) is 13.2 Å². The van der Waals surface area contributed by atoms with Crippen LogP contribution in [-0.2, 0) is 9.05 Å². The molecule has 1 unspecified atom stereocenters. The van der Waals surface area contributed by atoms with Crippen molar-refractivity contribution < 1.29 is 31.1 Å². The third-order valence-corrected chi connectivity index (χ3v) is 4.42. The number of benzene rings is 1. The molecule has 1 heterocycles. The Morgan fingerprint density at radius 1 is 1.20 bits per heavy atom. The summed E-state index contributed by atoms with van der Waals surface area (Å²) in [6.07, 6.45) is -5.08. The van der Waals surface area contributed by atoms with E-state index in [4.69, 9.17) is 31.8 Å². The molecule has 0 spiro atoms. The van der Waals surface area contributed by atoms with E-state index in [1.54, 1.807) is 0 Å². The van der Waals surface area contributed by atoms with Crippen LogP contribution >= 0.6 is 22.3 Å². The summed E-state index contributed by atoms with van der Waals surface area (Å²) in [4.78, 5) is 0. The molecule has 0 N–H and O–H groups in total. The predicted octanol–water partition coefficient (Wildman–Crippen LogP) is 3.28. The number of rotatable bonds is 2. The van der Waals surface area contributed by atoms with E-state index in [0.717, 1.165) is 12.1 Å². The highest BCUT2D eigenvalue weighted by atomic mass is 35.7. The van der Waals surface area contributed by atoms with Crippen molar-refractivity contribution in [2.45, 2.75) is 11.4 Å². The van der Waals surface area contributed by atoms with Crippen LogP contribution < -0.4 is 9.47 Å². The quantitative estimate of drug-likeness (QED) is 0.768. The lowest BCUT2D eigenvalue weighted by Crippen LogP contribution is -2.26. The van der Waals surface area contributed by atoms with Crippen molar-refractivity contribution >= 4 is 31.3 Å². The maximum absolute atomic E-state index is 12.9. The van der Waals surface area contributed by atoms with Crippen molar-refractivity contribution in [3.8, 4) is 11.5 Å². The van der Waals surface area contributed by atoms with E-state index < -0.39 is 26.0 Å². The Balaban J connectivity index is 2.59. The fourth-order valence-electron chi connectivity index (χ4n) is 1.79. The zero-order chi connectivity index (χ0) is 15.1. The number of ether oxygens (including phenoxy) is 2. The summed E-state index contributed by atoms with van der Waals surface area (Å²) in [7, 11) is -0.0358. The van der Waals surface area contributed by atoms with Crippen molar-refractivity contribution in [2.75, 3.05) is 13.2 Å². The van der Waals surface area contributed by atoms with Crippen molar-refractivity contribution in [1.82, 2.24) is 0 Å². The minimum atomic E-state index is -5.08. The molecule has 20 heavy (non-hydrogen) atoms. The Kier molecular flexibility index (Phi) is 4.01. The van der Waals surface area contributed by atoms with Crippen molar-refractivity contribution in [1.29, 1.82) is 0 Å². The second-order valence-electron chi connectivity index (χ2n) is 3.92. The van der Waals surface area contributed by atoms with Crippen LogP contribution in [0.2, 0.25) is 5.02 Å². The van der Waals surface area contributed by atoms with Gasteiger partial charge in [-0.2, -0.15) is 13.2 Å². The van der Waals surface area contributed by atoms with Gasteiger partial charge in [-0.25, -0.2) is 8.42 Å². The van der Waals surface area contributed by atoms with Crippen LogP contribution in [0.4, 0.5) is 13.2 Å². The summed E-state index contributed by atoms with van der Waals surface area (Å²) in [6.45, 7) is 0.319. The lowest BCUT2D eigenvalue weighted by atomic mass is 10.1. The Hall–Kier alpha value is -0.860. The Labute approximate surface area is 121 Å². The van der Waals surface area contributed by atoms with Crippen LogP contribution in [0.15, 0.2) is 12.1 Å². The smallest absolute Gasteiger partial charge is 0.410 e. The van der Waals surface area contributed by atoms with Crippen LogP contribution in [0.5, 0.6) is 11.5 Å². The molecule has 0 saturated heterocycles. The summed E-state index contributed by atoms with van der Waals surface area (Å²) in [5, 5.41) is -3.06. The fourth-order valence-corrected chi connectivity index (χ4v) is 3.46. The number of fused-ring (bicyclic) bond motifs is 1. The first-order valence-electron chi connectivity index (χ1n) is 5.20. The Morgan fingerprint density at radius 2 is 1.80 bits per heavy atom. The highest BCUT2D eigenvalue weighted by Crippen LogP contribution is 2.46. The van der Waals surface area contributed by atoms with Crippen LogP contribution in [-0.4, -0.2) is 27.8 Å². The Morgan fingerprint density at radius 3 is 2.35 bits per heavy atom. The molecule has 0 fully saturated rings. The minimum absolute atomic E-state index is 0.0479. The van der Waals surface area contributed by atoms with Gasteiger partial charge in [0.15, 0.2) is 16.7 Å². The second-order valence-corrected chi connectivity index (χ2v) is 7.04. The lowest BCUT2D eigenvalue weighted by molar-refractivity contribution is -0.131. The normalized spacial score (nSPS) is 16.9. The first-order valence-corrected chi connectivity index (χ1v) is 7.95. The van der Waals surface area contributed by atoms with Gasteiger partial charge in [0, 0.05) is 10.7 Å². The van der Waals surface area contributed by atoms with Gasteiger partial charge in [-0.05, 0) is 17.7 Å². The van der Waals surface area contributed by atoms with Gasteiger partial charge >= 0.3 is 6.18 Å². The topological polar surface area (TPSA) is 52.6 Å². The number of alkyl halides is 3. The van der Waals surface area contributed by atoms with E-state index in [2.05, 4.69) is 0 Å². The van der Waals surface area contributed by atoms with E-state index in [1.807, 2.05) is 0 Å². The molecule has 1 aromatic carbocycles. The van der Waals surface area contributed by atoms with E-state index in [0.29, 0.717) is 0 Å². The van der Waals surface area contributed by atoms with Crippen LogP contribution in [0.1, 0.15) is 10.8 Å². The molecule has 1 aliphatic rings. The molecular formula is C10H7Cl2F3O4S. The summed E-state index contributed by atoms with van der Waals surface area (Å²) < 4.78 is 71.3. The highest BCUT2D eigenvalue weighted by molar-refractivity contribution is 8.14. The predicted molar refractivity (Wildman–Crippen MR) is 66.0 cm³/mol. The number of hydrogen-bond acceptors (Lipinski definition) is 4. The molecule has 0 radical (unpaired) electrons. The summed E-state index contributed by atoms with van der Waals surface area (Å²) >= 11 is 5.78. The standard InChI is InChI=1S/C10H7Cl2F3O4S/c11-6-3-5(4-7-8(6)19-2-1-18-7)9(10(13,14)15)20(12,16)17/h3-4,9H,1-2H2. The molecule has 10 heteroatoms. The van der Waals surface area contributed by atoms with Gasteiger partial charge in [0.2, 0.25) is 9.05 Å². The fraction of sp³-hybridized carbons (Fsp3) is 0.400. The van der Waals surface area contributed by atoms with Crippen LogP contribution in [0.25, 0.3) is 0 Å². The molecule has 1 atom stereocenters. The van der Waals surface area contributed by atoms with Gasteiger partial charge in [-0.1, -0.05) is 11.6 Å². The summed E-state index contributed by atoms with van der Waals surface area (Å²) in [6, 6.07) is 1.77. The first kappa shape index (κ1) is 15.5. The molecule has 2 rings (SSSR count). The largest absolute Gasteiger partial charge is 0.486 e. The van der Waals surface area contributed by atoms with Gasteiger partial charge in [-0.3, -0.25) is 0 Å². The first-order chi connectivity index (χ1) is 9.10. The molecule has 4 nitrogen and oxygen atoms in total.